The van der Waals surface area contributed by atoms with Crippen molar-refractivity contribution in [2.24, 2.45) is 40.1 Å². The van der Waals surface area contributed by atoms with Crippen LogP contribution < -0.4 is 50.8 Å². The van der Waals surface area contributed by atoms with Gasteiger partial charge in [0.05, 0.1) is 19.5 Å². The molecular formula is C24H50N10O15. The van der Waals surface area contributed by atoms with Gasteiger partial charge in [0.1, 0.15) is 24.2 Å². The molecule has 286 valence electrons. The Morgan fingerprint density at radius 1 is 0.714 bits per heavy atom. The van der Waals surface area contributed by atoms with Gasteiger partial charge < -0.3 is 86.5 Å². The van der Waals surface area contributed by atoms with Gasteiger partial charge in [-0.1, -0.05) is 0 Å². The Kier molecular flexibility index (Phi) is 37.1. The minimum Gasteiger partial charge on any atom is -0.481 e. The van der Waals surface area contributed by atoms with Crippen LogP contribution in [0.15, 0.2) is 0 Å². The Hall–Kier alpha value is -5.21. The molecule has 0 spiro atoms. The number of aliphatic carboxylic acids is 7. The average molecular weight is 719 g/mol. The molecule has 0 aliphatic carbocycles. The van der Waals surface area contributed by atoms with Gasteiger partial charge in [-0.2, -0.15) is 0 Å². The molecular weight excluding hydrogens is 668 g/mol. The number of carboxylic acid groups (broad SMARTS) is 7. The maximum atomic E-state index is 10.2. The second-order valence-corrected chi connectivity index (χ2v) is 9.10. The Bertz CT molecular complexity index is 1010. The highest BCUT2D eigenvalue weighted by Gasteiger charge is 2.20. The lowest BCUT2D eigenvalue weighted by Crippen LogP contribution is -2.34. The third-order valence-corrected chi connectivity index (χ3v) is 4.76. The summed E-state index contributed by atoms with van der Waals surface area (Å²) in [5, 5.41) is 68.5. The summed E-state index contributed by atoms with van der Waals surface area (Å²) in [6.07, 6.45) is 2.22. The Labute approximate surface area is 279 Å². The molecule has 1 aliphatic heterocycles. The van der Waals surface area contributed by atoms with Crippen LogP contribution in [0.5, 0.6) is 0 Å². The standard InChI is InChI=1S/C6H14N4O2.C5H9NO4.C5H9NO2.C4H8N2O3.2C2H5NO2/c7-4(5(11)12)2-1-3-10-6(8)9;6-3(5(9)10)1-2-4(7)8;7-5(8)4-2-1-3-6-4;5-2(4(8)9)1-3(6)7;2*3-1-2(4)5/h4H,1-3,7H2,(H,11,12)(H4,8,9,10);3H,1-2,6H2,(H,7,8)(H,9,10);4,6H,1-3H2,(H,7,8);2H,1,5H2,(H2,6,7)(H,8,9);2*1,3H2,(H,4,5)/t4-;3-;4-;2-;;/m0000../s1. The van der Waals surface area contributed by atoms with E-state index in [0.717, 1.165) is 19.4 Å². The van der Waals surface area contributed by atoms with Gasteiger partial charge in [-0.25, -0.2) is 0 Å². The summed E-state index contributed by atoms with van der Waals surface area (Å²) in [7, 11) is 0. The van der Waals surface area contributed by atoms with Crippen molar-refractivity contribution in [1.82, 2.24) is 10.6 Å². The van der Waals surface area contributed by atoms with Crippen LogP contribution in [0.3, 0.4) is 0 Å². The lowest BCUT2D eigenvalue weighted by molar-refractivity contribution is -0.141. The topological polar surface area (TPSA) is 508 Å². The molecule has 25 nitrogen and oxygen atoms in total. The zero-order valence-corrected chi connectivity index (χ0v) is 26.5. The van der Waals surface area contributed by atoms with Gasteiger partial charge in [0.2, 0.25) is 5.91 Å². The quantitative estimate of drug-likeness (QED) is 0.0425. The summed E-state index contributed by atoms with van der Waals surface area (Å²) in [6.45, 7) is 0.785. The van der Waals surface area contributed by atoms with Crippen molar-refractivity contribution in [2.75, 3.05) is 26.2 Å². The van der Waals surface area contributed by atoms with Gasteiger partial charge in [-0.15, -0.1) is 0 Å². The largest absolute Gasteiger partial charge is 0.481 e. The van der Waals surface area contributed by atoms with Gasteiger partial charge in [0.25, 0.3) is 0 Å². The van der Waals surface area contributed by atoms with E-state index in [2.05, 4.69) is 27.8 Å². The summed E-state index contributed by atoms with van der Waals surface area (Å²) in [5.41, 5.74) is 33.9. The number of hydrogen-bond acceptors (Lipinski definition) is 15. The number of primary amides is 1. The predicted molar refractivity (Wildman–Crippen MR) is 169 cm³/mol. The molecule has 4 atom stereocenters. The van der Waals surface area contributed by atoms with E-state index >= 15 is 0 Å². The number of carbonyl (C=O) groups is 8. The Morgan fingerprint density at radius 2 is 1.12 bits per heavy atom. The molecule has 24 N–H and O–H groups in total. The van der Waals surface area contributed by atoms with Crippen LogP contribution in [0.2, 0.25) is 0 Å². The van der Waals surface area contributed by atoms with E-state index in [1.807, 2.05) is 0 Å². The van der Waals surface area contributed by atoms with E-state index in [-0.39, 0.29) is 44.4 Å². The van der Waals surface area contributed by atoms with Crippen molar-refractivity contribution < 1.29 is 74.1 Å². The summed E-state index contributed by atoms with van der Waals surface area (Å²) in [6, 6.07) is -3.31. The van der Waals surface area contributed by atoms with Gasteiger partial charge in [-0.3, -0.25) is 43.8 Å². The van der Waals surface area contributed by atoms with E-state index in [9.17, 15) is 38.4 Å². The second kappa shape index (κ2) is 34.1. The Balaban J connectivity index is -0.000000162. The highest BCUT2D eigenvalue weighted by molar-refractivity contribution is 5.83. The SMILES string of the molecule is N=C(N)NCCC[C@H](N)C(=O)O.NC(=O)C[C@H](N)C(=O)O.NCC(=O)O.NCC(=O)O.N[C@@H](CCC(=O)O)C(=O)O.O=C(O)[C@@H]1CCCN1. The van der Waals surface area contributed by atoms with Gasteiger partial charge in [0.15, 0.2) is 5.96 Å². The molecule has 49 heavy (non-hydrogen) atoms. The molecule has 1 aliphatic rings. The van der Waals surface area contributed by atoms with Crippen LogP contribution in [0.25, 0.3) is 0 Å². The molecule has 1 heterocycles. The fourth-order valence-electron chi connectivity index (χ4n) is 2.27. The number of nitrogens with two attached hydrogens (primary N) is 7. The Morgan fingerprint density at radius 3 is 1.35 bits per heavy atom. The van der Waals surface area contributed by atoms with E-state index < -0.39 is 65.8 Å². The van der Waals surface area contributed by atoms with Crippen molar-refractivity contribution in [3.8, 4) is 0 Å². The van der Waals surface area contributed by atoms with Crippen LogP contribution in [-0.4, -0.2) is 140 Å². The van der Waals surface area contributed by atoms with Crippen LogP contribution >= 0.6 is 0 Å². The highest BCUT2D eigenvalue weighted by Crippen LogP contribution is 2.03. The second-order valence-electron chi connectivity index (χ2n) is 9.10. The normalized spacial score (nSPS) is 13.9. The minimum atomic E-state index is -1.21. The molecule has 1 rings (SSSR count). The predicted octanol–water partition coefficient (Wildman–Crippen LogP) is -5.92. The monoisotopic (exact) mass is 718 g/mol. The van der Waals surface area contributed by atoms with Gasteiger partial charge in [-0.05, 0) is 38.6 Å². The first-order valence-corrected chi connectivity index (χ1v) is 13.8. The number of rotatable bonds is 15. The van der Waals surface area contributed by atoms with E-state index in [0.29, 0.717) is 19.4 Å². The molecule has 1 amide bonds. The van der Waals surface area contributed by atoms with Crippen molar-refractivity contribution >= 4 is 53.7 Å². The lowest BCUT2D eigenvalue weighted by Gasteiger charge is -2.06. The van der Waals surface area contributed by atoms with Crippen molar-refractivity contribution in [3.05, 3.63) is 0 Å². The van der Waals surface area contributed by atoms with Crippen LogP contribution in [0.4, 0.5) is 0 Å². The maximum absolute atomic E-state index is 10.2. The van der Waals surface area contributed by atoms with Crippen molar-refractivity contribution in [1.29, 1.82) is 5.41 Å². The van der Waals surface area contributed by atoms with Crippen molar-refractivity contribution in [3.63, 3.8) is 0 Å². The molecule has 25 heteroatoms. The number of nitrogens with one attached hydrogen (secondary N) is 3. The minimum absolute atomic E-state index is 0.0231. The third-order valence-electron chi connectivity index (χ3n) is 4.76. The van der Waals surface area contributed by atoms with Gasteiger partial charge >= 0.3 is 41.8 Å². The van der Waals surface area contributed by atoms with E-state index in [4.69, 9.17) is 64.1 Å². The first kappa shape index (κ1) is 53.3. The molecule has 0 unspecified atom stereocenters. The number of amides is 1. The molecule has 0 aromatic rings. The molecule has 0 aromatic heterocycles. The number of carbonyl (C=O) groups excluding carboxylic acids is 1. The summed E-state index contributed by atoms with van der Waals surface area (Å²) in [4.78, 5) is 78.6. The van der Waals surface area contributed by atoms with E-state index in [1.165, 1.54) is 0 Å². The third kappa shape index (κ3) is 49.9. The molecule has 0 radical (unpaired) electrons. The molecule has 0 aromatic carbocycles. The molecule has 0 saturated carbocycles. The zero-order chi connectivity index (χ0) is 39.7. The maximum Gasteiger partial charge on any atom is 0.321 e. The number of hydrogen-bond donors (Lipinski definition) is 17. The fraction of sp³-hybridized carbons (Fsp3) is 0.625. The average Bonchev–Trinajstić information content (AvgIpc) is 3.55. The summed E-state index contributed by atoms with van der Waals surface area (Å²) in [5.74, 6) is -7.88. The zero-order valence-electron chi connectivity index (χ0n) is 26.5. The number of guanidine groups is 1. The first-order chi connectivity index (χ1) is 22.5. The molecule has 0 bridgehead atoms. The van der Waals surface area contributed by atoms with Crippen LogP contribution in [0, 0.1) is 5.41 Å². The highest BCUT2D eigenvalue weighted by atomic mass is 16.4. The molecule has 1 saturated heterocycles. The lowest BCUT2D eigenvalue weighted by atomic mass is 10.2. The molecule has 1 fully saturated rings. The summed E-state index contributed by atoms with van der Waals surface area (Å²) >= 11 is 0. The van der Waals surface area contributed by atoms with Crippen molar-refractivity contribution in [2.45, 2.75) is 69.1 Å². The first-order valence-electron chi connectivity index (χ1n) is 13.8. The smallest absolute Gasteiger partial charge is 0.321 e. The van der Waals surface area contributed by atoms with Crippen LogP contribution in [-0.2, 0) is 38.4 Å². The van der Waals surface area contributed by atoms with Gasteiger partial charge in [0, 0.05) is 13.0 Å². The summed E-state index contributed by atoms with van der Waals surface area (Å²) < 4.78 is 0. The van der Waals surface area contributed by atoms with E-state index in [1.54, 1.807) is 0 Å². The van der Waals surface area contributed by atoms with Crippen LogP contribution in [0.1, 0.15) is 44.9 Å². The fourth-order valence-corrected chi connectivity index (χ4v) is 2.27. The number of carboxylic acids is 7.